The molecule has 1 heterocycles. The topological polar surface area (TPSA) is 33.5 Å². The van der Waals surface area contributed by atoms with Crippen LogP contribution < -0.4 is 0 Å². The first kappa shape index (κ1) is 13.3. The molecule has 0 aliphatic rings. The largest absolute Gasteiger partial charge is 0.459 e. The van der Waals surface area contributed by atoms with Crippen LogP contribution in [0.1, 0.15) is 34.6 Å². The minimum Gasteiger partial charge on any atom is -0.459 e. The van der Waals surface area contributed by atoms with Gasteiger partial charge in [0.05, 0.1) is 12.3 Å². The summed E-state index contributed by atoms with van der Waals surface area (Å²) in [6.07, 6.45) is 1.50. The molecule has 0 N–H and O–H groups in total. The zero-order valence-electron chi connectivity index (χ0n) is 11.2. The minimum atomic E-state index is -0.285. The van der Waals surface area contributed by atoms with Crippen molar-refractivity contribution in [3.05, 3.63) is 59.3 Å². The summed E-state index contributed by atoms with van der Waals surface area (Å²) in [5, 5.41) is 0. The van der Waals surface area contributed by atoms with Crippen LogP contribution in [0.4, 0.5) is 4.39 Å². The highest BCUT2D eigenvalue weighted by atomic mass is 19.1. The Balaban J connectivity index is 2.19. The number of nitrogens with zero attached hydrogens (tertiary/aromatic N) is 1. The molecule has 2 aromatic rings. The lowest BCUT2D eigenvalue weighted by Gasteiger charge is -2.24. The predicted molar refractivity (Wildman–Crippen MR) is 70.4 cm³/mol. The van der Waals surface area contributed by atoms with Crippen molar-refractivity contribution >= 4 is 5.91 Å². The monoisotopic (exact) mass is 261 g/mol. The lowest BCUT2D eigenvalue weighted by molar-refractivity contribution is 0.0709. The van der Waals surface area contributed by atoms with E-state index in [0.717, 1.165) is 11.1 Å². The zero-order valence-corrected chi connectivity index (χ0v) is 11.2. The van der Waals surface area contributed by atoms with E-state index >= 15 is 0 Å². The molecule has 0 aliphatic carbocycles. The zero-order chi connectivity index (χ0) is 14.0. The van der Waals surface area contributed by atoms with Gasteiger partial charge in [-0.3, -0.25) is 4.79 Å². The molecule has 0 aliphatic heterocycles. The average Bonchev–Trinajstić information content (AvgIpc) is 2.83. The van der Waals surface area contributed by atoms with Gasteiger partial charge >= 0.3 is 0 Å². The molecule has 0 bridgehead atoms. The predicted octanol–water partition coefficient (Wildman–Crippen LogP) is 3.56. The Kier molecular flexibility index (Phi) is 3.69. The Morgan fingerprint density at radius 1 is 1.26 bits per heavy atom. The third-order valence-electron chi connectivity index (χ3n) is 3.31. The molecule has 1 aromatic carbocycles. The van der Waals surface area contributed by atoms with Crippen LogP contribution in [0.25, 0.3) is 0 Å². The van der Waals surface area contributed by atoms with Crippen LogP contribution in [0.2, 0.25) is 0 Å². The molecule has 100 valence electrons. The number of carbonyl (C=O) groups excluding carboxylic acids is 1. The second-order valence-corrected chi connectivity index (χ2v) is 4.58. The van der Waals surface area contributed by atoms with Gasteiger partial charge in [0, 0.05) is 12.6 Å². The maximum Gasteiger partial charge on any atom is 0.290 e. The molecule has 1 atom stereocenters. The van der Waals surface area contributed by atoms with Crippen LogP contribution in [0, 0.1) is 12.7 Å². The van der Waals surface area contributed by atoms with Crippen LogP contribution in [0.3, 0.4) is 0 Å². The summed E-state index contributed by atoms with van der Waals surface area (Å²) >= 11 is 0. The third kappa shape index (κ3) is 2.67. The number of rotatable bonds is 3. The van der Waals surface area contributed by atoms with E-state index in [1.807, 2.05) is 13.8 Å². The summed E-state index contributed by atoms with van der Waals surface area (Å²) in [5.74, 6) is -0.123. The van der Waals surface area contributed by atoms with Gasteiger partial charge in [-0.25, -0.2) is 4.39 Å². The molecular weight excluding hydrogens is 245 g/mol. The highest BCUT2D eigenvalue weighted by Crippen LogP contribution is 2.22. The van der Waals surface area contributed by atoms with Crippen molar-refractivity contribution in [2.45, 2.75) is 19.9 Å². The fraction of sp³-hybridized carbons (Fsp3) is 0.267. The SMILES string of the molecule is Cc1ccoc1C(=O)N(C)C(C)c1ccc(F)cc1. The van der Waals surface area contributed by atoms with E-state index in [1.165, 1.54) is 18.4 Å². The van der Waals surface area contributed by atoms with Gasteiger partial charge in [0.25, 0.3) is 5.91 Å². The number of amides is 1. The van der Waals surface area contributed by atoms with Crippen molar-refractivity contribution in [1.82, 2.24) is 4.90 Å². The molecule has 1 aromatic heterocycles. The van der Waals surface area contributed by atoms with Gasteiger partial charge < -0.3 is 9.32 Å². The van der Waals surface area contributed by atoms with E-state index in [-0.39, 0.29) is 17.8 Å². The van der Waals surface area contributed by atoms with Gasteiger partial charge in [-0.1, -0.05) is 12.1 Å². The highest BCUT2D eigenvalue weighted by molar-refractivity contribution is 5.92. The Morgan fingerprint density at radius 2 is 1.89 bits per heavy atom. The first-order chi connectivity index (χ1) is 9.00. The molecule has 1 unspecified atom stereocenters. The molecule has 0 spiro atoms. The third-order valence-corrected chi connectivity index (χ3v) is 3.31. The maximum atomic E-state index is 12.9. The van der Waals surface area contributed by atoms with E-state index in [9.17, 15) is 9.18 Å². The van der Waals surface area contributed by atoms with Crippen molar-refractivity contribution in [1.29, 1.82) is 0 Å². The number of hydrogen-bond donors (Lipinski definition) is 0. The van der Waals surface area contributed by atoms with Crippen molar-refractivity contribution in [3.8, 4) is 0 Å². The number of halogens is 1. The number of benzene rings is 1. The van der Waals surface area contributed by atoms with Gasteiger partial charge in [-0.05, 0) is 37.6 Å². The van der Waals surface area contributed by atoms with E-state index < -0.39 is 0 Å². The lowest BCUT2D eigenvalue weighted by atomic mass is 10.1. The summed E-state index contributed by atoms with van der Waals surface area (Å²) in [6.45, 7) is 3.72. The summed E-state index contributed by atoms with van der Waals surface area (Å²) in [6, 6.07) is 7.74. The molecule has 3 nitrogen and oxygen atoms in total. The van der Waals surface area contributed by atoms with Crippen LogP contribution in [0.5, 0.6) is 0 Å². The molecule has 19 heavy (non-hydrogen) atoms. The van der Waals surface area contributed by atoms with Gasteiger partial charge in [-0.15, -0.1) is 0 Å². The van der Waals surface area contributed by atoms with Gasteiger partial charge in [0.15, 0.2) is 5.76 Å². The van der Waals surface area contributed by atoms with E-state index in [2.05, 4.69) is 0 Å². The number of furan rings is 1. The fourth-order valence-corrected chi connectivity index (χ4v) is 1.89. The van der Waals surface area contributed by atoms with Crippen molar-refractivity contribution < 1.29 is 13.6 Å². The molecule has 0 fully saturated rings. The summed E-state index contributed by atoms with van der Waals surface area (Å²) in [7, 11) is 1.71. The molecule has 0 radical (unpaired) electrons. The second-order valence-electron chi connectivity index (χ2n) is 4.58. The standard InChI is InChI=1S/C15H16FNO2/c1-10-8-9-19-14(10)15(18)17(3)11(2)12-4-6-13(16)7-5-12/h4-9,11H,1-3H3. The Labute approximate surface area is 111 Å². The maximum absolute atomic E-state index is 12.9. The van der Waals surface area contributed by atoms with Crippen LogP contribution in [-0.2, 0) is 0 Å². The molecule has 1 amide bonds. The van der Waals surface area contributed by atoms with Crippen molar-refractivity contribution in [2.24, 2.45) is 0 Å². The first-order valence-electron chi connectivity index (χ1n) is 6.07. The van der Waals surface area contributed by atoms with Crippen molar-refractivity contribution in [3.63, 3.8) is 0 Å². The first-order valence-corrected chi connectivity index (χ1v) is 6.07. The fourth-order valence-electron chi connectivity index (χ4n) is 1.89. The van der Waals surface area contributed by atoms with E-state index in [0.29, 0.717) is 5.76 Å². The molecular formula is C15H16FNO2. The number of hydrogen-bond acceptors (Lipinski definition) is 2. The summed E-state index contributed by atoms with van der Waals surface area (Å²) < 4.78 is 18.1. The number of aryl methyl sites for hydroxylation is 1. The van der Waals surface area contributed by atoms with Crippen LogP contribution in [0.15, 0.2) is 41.0 Å². The Morgan fingerprint density at radius 3 is 2.42 bits per heavy atom. The quantitative estimate of drug-likeness (QED) is 0.846. The minimum absolute atomic E-state index is 0.155. The molecule has 0 saturated heterocycles. The Hall–Kier alpha value is -2.10. The van der Waals surface area contributed by atoms with Gasteiger partial charge in [0.2, 0.25) is 0 Å². The number of carbonyl (C=O) groups is 1. The van der Waals surface area contributed by atoms with Crippen LogP contribution in [-0.4, -0.2) is 17.9 Å². The van der Waals surface area contributed by atoms with Crippen LogP contribution >= 0.6 is 0 Å². The normalized spacial score (nSPS) is 12.2. The van der Waals surface area contributed by atoms with Gasteiger partial charge in [-0.2, -0.15) is 0 Å². The highest BCUT2D eigenvalue weighted by Gasteiger charge is 2.22. The summed E-state index contributed by atoms with van der Waals surface area (Å²) in [5.41, 5.74) is 1.68. The molecule has 4 heteroatoms. The molecule has 2 rings (SSSR count). The van der Waals surface area contributed by atoms with E-state index in [1.54, 1.807) is 30.1 Å². The smallest absolute Gasteiger partial charge is 0.290 e. The van der Waals surface area contributed by atoms with Gasteiger partial charge in [0.1, 0.15) is 5.82 Å². The summed E-state index contributed by atoms with van der Waals surface area (Å²) in [4.78, 5) is 13.8. The Bertz CT molecular complexity index is 574. The lowest BCUT2D eigenvalue weighted by Crippen LogP contribution is -2.29. The van der Waals surface area contributed by atoms with E-state index in [4.69, 9.17) is 4.42 Å². The average molecular weight is 261 g/mol. The van der Waals surface area contributed by atoms with Crippen molar-refractivity contribution in [2.75, 3.05) is 7.05 Å². The molecule has 0 saturated carbocycles. The second kappa shape index (κ2) is 5.26.